The van der Waals surface area contributed by atoms with Gasteiger partial charge in [0.25, 0.3) is 0 Å². The Labute approximate surface area is 366 Å². The van der Waals surface area contributed by atoms with Crippen LogP contribution in [0.2, 0.25) is 0 Å². The lowest BCUT2D eigenvalue weighted by molar-refractivity contribution is -0.133. The molecule has 12 nitrogen and oxygen atoms in total. The van der Waals surface area contributed by atoms with Crippen LogP contribution in [-0.2, 0) is 44.9 Å². The predicted molar refractivity (Wildman–Crippen MR) is 240 cm³/mol. The van der Waals surface area contributed by atoms with E-state index in [-0.39, 0.29) is 62.3 Å². The van der Waals surface area contributed by atoms with Crippen molar-refractivity contribution in [2.75, 3.05) is 0 Å². The summed E-state index contributed by atoms with van der Waals surface area (Å²) in [5.41, 5.74) is 15.8. The monoisotopic (exact) mass is 864 g/mol. The van der Waals surface area contributed by atoms with Crippen molar-refractivity contribution < 1.29 is 29.4 Å². The van der Waals surface area contributed by atoms with Crippen LogP contribution in [0.25, 0.3) is 0 Å². The average molecular weight is 866 g/mol. The molecule has 0 aromatic heterocycles. The number of aliphatic hydroxyl groups is 2. The van der Waals surface area contributed by atoms with Crippen molar-refractivity contribution >= 4 is 48.4 Å². The smallest absolute Gasteiger partial charge is 0.243 e. The quantitative estimate of drug-likeness (QED) is 0.0621. The summed E-state index contributed by atoms with van der Waals surface area (Å²) >= 11 is 0. The summed E-state index contributed by atoms with van der Waals surface area (Å²) in [6.07, 6.45) is -2.42. The fourth-order valence-corrected chi connectivity index (χ4v) is 6.78. The Morgan fingerprint density at radius 2 is 0.683 bits per heavy atom. The largest absolute Gasteiger partial charge is 0.388 e. The first-order chi connectivity index (χ1) is 27.7. The van der Waals surface area contributed by atoms with Gasteiger partial charge in [-0.05, 0) is 59.8 Å². The molecule has 8 atom stereocenters. The molecule has 4 aromatic carbocycles. The second-order valence-corrected chi connectivity index (χ2v) is 15.6. The Hall–Kier alpha value is -4.82. The molecular weight excluding hydrogens is 803 g/mol. The molecule has 0 saturated heterocycles. The Morgan fingerprint density at radius 1 is 0.433 bits per heavy atom. The number of carbonyl (C=O) groups excluding carboxylic acids is 4. The first-order valence-electron chi connectivity index (χ1n) is 20.0. The van der Waals surface area contributed by atoms with Gasteiger partial charge in [0.05, 0.1) is 24.2 Å². The lowest BCUT2D eigenvalue weighted by atomic mass is 9.90. The Morgan fingerprint density at radius 3 is 0.933 bits per heavy atom. The van der Waals surface area contributed by atoms with Gasteiger partial charge < -0.3 is 42.9 Å². The van der Waals surface area contributed by atoms with Crippen LogP contribution in [0.4, 0.5) is 0 Å². The van der Waals surface area contributed by atoms with Crippen LogP contribution in [-0.4, -0.2) is 82.3 Å². The van der Waals surface area contributed by atoms with Gasteiger partial charge in [0.2, 0.25) is 23.6 Å². The summed E-state index contributed by atoms with van der Waals surface area (Å²) in [6, 6.07) is 31.0. The van der Waals surface area contributed by atoms with Crippen molar-refractivity contribution in [2.45, 2.75) is 102 Å². The van der Waals surface area contributed by atoms with Gasteiger partial charge in [-0.1, -0.05) is 149 Å². The highest BCUT2D eigenvalue weighted by molar-refractivity contribution is 5.91. The van der Waals surface area contributed by atoms with E-state index in [4.69, 9.17) is 11.5 Å². The molecule has 0 fully saturated rings. The number of halogens is 2. The SMILES string of the molecule is CC(C)[C@H](NC(=O)[C@@H](N)Cc1ccccc1)C(=O)N[C@H](Cc1ccccc1)[C@@H](O)[C@H](O)[C@@H](Cc1ccccc1)NC(=O)[C@@H](NC(=O)[C@@H](N)Cc1ccccc1)C(C)C.Cl.Cl. The zero-order valence-corrected chi connectivity index (χ0v) is 36.3. The molecule has 0 aliphatic carbocycles. The van der Waals surface area contributed by atoms with Crippen LogP contribution in [0, 0.1) is 11.8 Å². The third-order valence-corrected chi connectivity index (χ3v) is 10.2. The Kier molecular flexibility index (Phi) is 22.0. The molecular formula is C46H62Cl2N6O6. The molecule has 0 radical (unpaired) electrons. The maximum atomic E-state index is 14.0. The van der Waals surface area contributed by atoms with Crippen LogP contribution >= 0.6 is 24.8 Å². The predicted octanol–water partition coefficient (Wildman–Crippen LogP) is 3.43. The number of nitrogens with one attached hydrogen (secondary N) is 4. The van der Waals surface area contributed by atoms with Crippen LogP contribution in [0.15, 0.2) is 121 Å². The molecule has 4 amide bonds. The summed E-state index contributed by atoms with van der Waals surface area (Å²) in [4.78, 5) is 54.6. The van der Waals surface area contributed by atoms with E-state index in [1.807, 2.05) is 121 Å². The van der Waals surface area contributed by atoms with Crippen molar-refractivity contribution in [3.8, 4) is 0 Å². The van der Waals surface area contributed by atoms with E-state index in [1.165, 1.54) is 0 Å². The lowest BCUT2D eigenvalue weighted by Gasteiger charge is -2.35. The number of carbonyl (C=O) groups is 4. The Balaban J connectivity index is 0.00000620. The van der Waals surface area contributed by atoms with Crippen LogP contribution < -0.4 is 32.7 Å². The first kappa shape index (κ1) is 51.3. The molecule has 10 N–H and O–H groups in total. The van der Waals surface area contributed by atoms with Crippen molar-refractivity contribution in [2.24, 2.45) is 23.3 Å². The zero-order valence-electron chi connectivity index (χ0n) is 34.6. The van der Waals surface area contributed by atoms with Crippen LogP contribution in [0.1, 0.15) is 49.9 Å². The first-order valence-corrected chi connectivity index (χ1v) is 20.0. The third kappa shape index (κ3) is 16.0. The van der Waals surface area contributed by atoms with E-state index in [1.54, 1.807) is 27.7 Å². The van der Waals surface area contributed by atoms with Gasteiger partial charge in [-0.3, -0.25) is 19.2 Å². The normalized spacial score (nSPS) is 15.0. The standard InChI is InChI=1S/C46H60N6O6.2ClH/c1-29(2)39(51-43(55)35(47)25-31-17-9-5-10-18-31)45(57)49-37(27-33-21-13-7-14-22-33)41(53)42(54)38(28-34-23-15-8-16-24-34)50-46(58)40(30(3)4)52-44(56)36(48)26-32-19-11-6-12-20-32;;/h5-24,29-30,35-42,53-54H,25-28,47-48H2,1-4H3,(H,49,57)(H,50,58)(H,51,55)(H,52,56);2*1H/t35-,36-,37+,38+,39-,40-,41+,42+;;/m0../s1. The van der Waals surface area contributed by atoms with Crippen molar-refractivity contribution in [3.63, 3.8) is 0 Å². The minimum absolute atomic E-state index is 0. The van der Waals surface area contributed by atoms with Gasteiger partial charge in [0, 0.05) is 0 Å². The van der Waals surface area contributed by atoms with E-state index in [2.05, 4.69) is 21.3 Å². The second kappa shape index (κ2) is 25.7. The number of rotatable bonds is 21. The van der Waals surface area contributed by atoms with Crippen molar-refractivity contribution in [1.82, 2.24) is 21.3 Å². The summed E-state index contributed by atoms with van der Waals surface area (Å²) in [7, 11) is 0. The molecule has 0 spiro atoms. The van der Waals surface area contributed by atoms with Gasteiger partial charge in [-0.15, -0.1) is 24.8 Å². The third-order valence-electron chi connectivity index (χ3n) is 10.2. The highest BCUT2D eigenvalue weighted by Gasteiger charge is 2.38. The van der Waals surface area contributed by atoms with Gasteiger partial charge in [-0.25, -0.2) is 0 Å². The minimum Gasteiger partial charge on any atom is -0.388 e. The fraction of sp³-hybridized carbons (Fsp3) is 0.391. The molecule has 0 bridgehead atoms. The van der Waals surface area contributed by atoms with Gasteiger partial charge in [0.15, 0.2) is 0 Å². The van der Waals surface area contributed by atoms with Gasteiger partial charge >= 0.3 is 0 Å². The molecule has 4 rings (SSSR count). The molecule has 0 aliphatic heterocycles. The molecule has 4 aromatic rings. The summed E-state index contributed by atoms with van der Waals surface area (Å²) in [6.45, 7) is 7.15. The maximum Gasteiger partial charge on any atom is 0.243 e. The van der Waals surface area contributed by atoms with E-state index in [0.29, 0.717) is 0 Å². The van der Waals surface area contributed by atoms with E-state index in [9.17, 15) is 29.4 Å². The van der Waals surface area contributed by atoms with E-state index in [0.717, 1.165) is 22.3 Å². The van der Waals surface area contributed by atoms with Gasteiger partial charge in [0.1, 0.15) is 24.3 Å². The zero-order chi connectivity index (χ0) is 42.2. The number of hydrogen-bond acceptors (Lipinski definition) is 8. The average Bonchev–Trinajstić information content (AvgIpc) is 3.21. The maximum absolute atomic E-state index is 14.0. The van der Waals surface area contributed by atoms with Crippen LogP contribution in [0.5, 0.6) is 0 Å². The number of aliphatic hydroxyl groups excluding tert-OH is 2. The fourth-order valence-electron chi connectivity index (χ4n) is 6.78. The summed E-state index contributed by atoms with van der Waals surface area (Å²) in [5.74, 6) is -2.86. The topological polar surface area (TPSA) is 209 Å². The molecule has 0 aliphatic rings. The minimum atomic E-state index is -1.60. The number of amides is 4. The van der Waals surface area contributed by atoms with E-state index >= 15 is 0 Å². The van der Waals surface area contributed by atoms with E-state index < -0.39 is 72.1 Å². The molecule has 14 heteroatoms. The summed E-state index contributed by atoms with van der Waals surface area (Å²) < 4.78 is 0. The highest BCUT2D eigenvalue weighted by Crippen LogP contribution is 2.17. The summed E-state index contributed by atoms with van der Waals surface area (Å²) in [5, 5.41) is 35.4. The molecule has 0 unspecified atom stereocenters. The number of nitrogens with two attached hydrogens (primary N) is 2. The Bertz CT molecular complexity index is 1740. The van der Waals surface area contributed by atoms with Crippen molar-refractivity contribution in [3.05, 3.63) is 144 Å². The second-order valence-electron chi connectivity index (χ2n) is 15.6. The van der Waals surface area contributed by atoms with Crippen molar-refractivity contribution in [1.29, 1.82) is 0 Å². The number of hydrogen-bond donors (Lipinski definition) is 8. The molecule has 326 valence electrons. The van der Waals surface area contributed by atoms with Crippen LogP contribution in [0.3, 0.4) is 0 Å². The molecule has 0 heterocycles. The highest BCUT2D eigenvalue weighted by atomic mass is 35.5. The lowest BCUT2D eigenvalue weighted by Crippen LogP contribution is -2.62. The molecule has 0 saturated carbocycles. The molecule has 60 heavy (non-hydrogen) atoms. The number of benzene rings is 4. The van der Waals surface area contributed by atoms with Gasteiger partial charge in [-0.2, -0.15) is 0 Å².